The summed E-state index contributed by atoms with van der Waals surface area (Å²) >= 11 is 0. The quantitative estimate of drug-likeness (QED) is 0.801. The van der Waals surface area contributed by atoms with E-state index in [4.69, 9.17) is 4.74 Å². The molecule has 136 valence electrons. The normalized spacial score (nSPS) is 23.0. The second-order valence-corrected chi connectivity index (χ2v) is 7.50. The number of hydrogen-bond donors (Lipinski definition) is 0. The first-order valence-corrected chi connectivity index (χ1v) is 9.63. The number of piperidine rings is 1. The highest BCUT2D eigenvalue weighted by molar-refractivity contribution is 5.81. The molecule has 2 atom stereocenters. The molecule has 0 spiro atoms. The van der Waals surface area contributed by atoms with Crippen LogP contribution in [0.3, 0.4) is 0 Å². The molecule has 1 aliphatic carbocycles. The van der Waals surface area contributed by atoms with Crippen LogP contribution in [-0.2, 0) is 22.6 Å². The maximum absolute atomic E-state index is 12.5. The monoisotopic (exact) mass is 350 g/mol. The summed E-state index contributed by atoms with van der Waals surface area (Å²) in [6, 6.07) is 14.5. The van der Waals surface area contributed by atoms with Crippen molar-refractivity contribution in [2.45, 2.75) is 38.4 Å². The molecule has 0 radical (unpaired) electrons. The molecule has 2 aliphatic rings. The lowest BCUT2D eigenvalue weighted by atomic mass is 9.88. The molecule has 1 saturated heterocycles. The standard InChI is InChI=1S/C22H26N2O2/c25-22(19-6-7-19)24-13-10-21(26-16-18-8-11-23-12-9-18)20(15-24)14-17-4-2-1-3-5-17/h1-5,8-9,11-12,19-21H,6-7,10,13-16H2/t20-,21+/m1/s1. The third kappa shape index (κ3) is 4.31. The molecule has 0 N–H and O–H groups in total. The van der Waals surface area contributed by atoms with Gasteiger partial charge in [-0.05, 0) is 48.9 Å². The van der Waals surface area contributed by atoms with Gasteiger partial charge in [0.1, 0.15) is 0 Å². The molecule has 1 aromatic carbocycles. The Balaban J connectivity index is 1.43. The Morgan fingerprint density at radius 2 is 1.81 bits per heavy atom. The number of likely N-dealkylation sites (tertiary alicyclic amines) is 1. The number of carbonyl (C=O) groups is 1. The van der Waals surface area contributed by atoms with Gasteiger partial charge in [0.15, 0.2) is 0 Å². The lowest BCUT2D eigenvalue weighted by molar-refractivity contribution is -0.138. The Bertz CT molecular complexity index is 715. The fraction of sp³-hybridized carbons (Fsp3) is 0.455. The number of pyridine rings is 1. The summed E-state index contributed by atoms with van der Waals surface area (Å²) in [6.45, 7) is 2.24. The summed E-state index contributed by atoms with van der Waals surface area (Å²) in [4.78, 5) is 18.7. The van der Waals surface area contributed by atoms with E-state index >= 15 is 0 Å². The molecule has 1 amide bonds. The lowest BCUT2D eigenvalue weighted by Gasteiger charge is -2.39. The van der Waals surface area contributed by atoms with Crippen LogP contribution < -0.4 is 0 Å². The SMILES string of the molecule is O=C(C1CC1)N1CC[C@H](OCc2ccncc2)[C@H](Cc2ccccc2)C1. The zero-order valence-electron chi connectivity index (χ0n) is 15.1. The summed E-state index contributed by atoms with van der Waals surface area (Å²) in [7, 11) is 0. The number of hydrogen-bond acceptors (Lipinski definition) is 3. The zero-order valence-corrected chi connectivity index (χ0v) is 15.1. The molecule has 2 aromatic rings. The minimum absolute atomic E-state index is 0.187. The van der Waals surface area contributed by atoms with Crippen molar-refractivity contribution in [2.24, 2.45) is 11.8 Å². The van der Waals surface area contributed by atoms with E-state index < -0.39 is 0 Å². The molecule has 0 unspecified atom stereocenters. The molecule has 4 rings (SSSR count). The molecule has 2 heterocycles. The van der Waals surface area contributed by atoms with Crippen LogP contribution in [0.15, 0.2) is 54.9 Å². The van der Waals surface area contributed by atoms with E-state index in [1.807, 2.05) is 18.2 Å². The molecule has 1 aliphatic heterocycles. The molecule has 26 heavy (non-hydrogen) atoms. The highest BCUT2D eigenvalue weighted by Crippen LogP contribution is 2.33. The first kappa shape index (κ1) is 17.2. The number of amides is 1. The van der Waals surface area contributed by atoms with Crippen LogP contribution in [0.1, 0.15) is 30.4 Å². The molecule has 2 fully saturated rings. The highest BCUT2D eigenvalue weighted by Gasteiger charge is 2.38. The van der Waals surface area contributed by atoms with Crippen LogP contribution >= 0.6 is 0 Å². The first-order valence-electron chi connectivity index (χ1n) is 9.63. The van der Waals surface area contributed by atoms with Gasteiger partial charge in [0.2, 0.25) is 5.91 Å². The lowest BCUT2D eigenvalue weighted by Crippen LogP contribution is -2.48. The van der Waals surface area contributed by atoms with Gasteiger partial charge in [-0.15, -0.1) is 0 Å². The van der Waals surface area contributed by atoms with Gasteiger partial charge in [0, 0.05) is 37.3 Å². The van der Waals surface area contributed by atoms with E-state index in [0.717, 1.165) is 44.3 Å². The third-order valence-electron chi connectivity index (χ3n) is 5.46. The maximum Gasteiger partial charge on any atom is 0.225 e. The van der Waals surface area contributed by atoms with Crippen molar-refractivity contribution < 1.29 is 9.53 Å². The summed E-state index contributed by atoms with van der Waals surface area (Å²) in [5.41, 5.74) is 2.46. The van der Waals surface area contributed by atoms with Gasteiger partial charge in [-0.2, -0.15) is 0 Å². The van der Waals surface area contributed by atoms with Gasteiger partial charge >= 0.3 is 0 Å². The Kier molecular flexibility index (Phi) is 5.30. The molecule has 4 heteroatoms. The van der Waals surface area contributed by atoms with Crippen molar-refractivity contribution in [3.63, 3.8) is 0 Å². The minimum Gasteiger partial charge on any atom is -0.373 e. The predicted molar refractivity (Wildman–Crippen MR) is 100 cm³/mol. The second kappa shape index (κ2) is 8.00. The van der Waals surface area contributed by atoms with E-state index in [1.54, 1.807) is 12.4 Å². The van der Waals surface area contributed by atoms with Crippen LogP contribution in [0.4, 0.5) is 0 Å². The highest BCUT2D eigenvalue weighted by atomic mass is 16.5. The van der Waals surface area contributed by atoms with E-state index in [-0.39, 0.29) is 6.10 Å². The van der Waals surface area contributed by atoms with Crippen molar-refractivity contribution in [1.29, 1.82) is 0 Å². The number of benzene rings is 1. The smallest absolute Gasteiger partial charge is 0.225 e. The van der Waals surface area contributed by atoms with Gasteiger partial charge in [-0.3, -0.25) is 9.78 Å². The van der Waals surface area contributed by atoms with Crippen LogP contribution in [-0.4, -0.2) is 35.0 Å². The minimum atomic E-state index is 0.187. The van der Waals surface area contributed by atoms with Gasteiger partial charge < -0.3 is 9.64 Å². The fourth-order valence-corrected chi connectivity index (χ4v) is 3.81. The van der Waals surface area contributed by atoms with E-state index in [0.29, 0.717) is 24.3 Å². The summed E-state index contributed by atoms with van der Waals surface area (Å²) in [6.07, 6.45) is 7.80. The van der Waals surface area contributed by atoms with Crippen LogP contribution in [0, 0.1) is 11.8 Å². The Morgan fingerprint density at radius 1 is 1.04 bits per heavy atom. The maximum atomic E-state index is 12.5. The fourth-order valence-electron chi connectivity index (χ4n) is 3.81. The summed E-state index contributed by atoms with van der Waals surface area (Å²) in [5, 5.41) is 0. The molecule has 1 saturated carbocycles. The summed E-state index contributed by atoms with van der Waals surface area (Å²) < 4.78 is 6.29. The van der Waals surface area contributed by atoms with E-state index in [2.05, 4.69) is 34.1 Å². The van der Waals surface area contributed by atoms with E-state index in [9.17, 15) is 4.79 Å². The molecule has 4 nitrogen and oxygen atoms in total. The topological polar surface area (TPSA) is 42.4 Å². The molecular weight excluding hydrogens is 324 g/mol. The molecule has 0 bridgehead atoms. The predicted octanol–water partition coefficient (Wildman–Crippen LogP) is 3.47. The Labute approximate surface area is 155 Å². The van der Waals surface area contributed by atoms with Gasteiger partial charge in [-0.25, -0.2) is 0 Å². The third-order valence-corrected chi connectivity index (χ3v) is 5.46. The number of rotatable bonds is 6. The van der Waals surface area contributed by atoms with Crippen molar-refractivity contribution in [1.82, 2.24) is 9.88 Å². The van der Waals surface area contributed by atoms with Crippen molar-refractivity contribution in [3.8, 4) is 0 Å². The zero-order chi connectivity index (χ0) is 17.8. The van der Waals surface area contributed by atoms with E-state index in [1.165, 1.54) is 5.56 Å². The Hall–Kier alpha value is -2.20. The van der Waals surface area contributed by atoms with Crippen LogP contribution in [0.2, 0.25) is 0 Å². The first-order chi connectivity index (χ1) is 12.8. The number of nitrogens with zero attached hydrogens (tertiary/aromatic N) is 2. The van der Waals surface area contributed by atoms with Gasteiger partial charge in [0.25, 0.3) is 0 Å². The number of ether oxygens (including phenoxy) is 1. The molecular formula is C22H26N2O2. The van der Waals surface area contributed by atoms with Gasteiger partial charge in [0.05, 0.1) is 12.7 Å². The average Bonchev–Trinajstić information content (AvgIpc) is 3.53. The number of aromatic nitrogens is 1. The number of carbonyl (C=O) groups excluding carboxylic acids is 1. The van der Waals surface area contributed by atoms with Gasteiger partial charge in [-0.1, -0.05) is 30.3 Å². The van der Waals surface area contributed by atoms with Crippen molar-refractivity contribution in [3.05, 3.63) is 66.0 Å². The van der Waals surface area contributed by atoms with Crippen LogP contribution in [0.25, 0.3) is 0 Å². The average molecular weight is 350 g/mol. The van der Waals surface area contributed by atoms with Crippen LogP contribution in [0.5, 0.6) is 0 Å². The van der Waals surface area contributed by atoms with Crippen molar-refractivity contribution >= 4 is 5.91 Å². The van der Waals surface area contributed by atoms with Crippen molar-refractivity contribution in [2.75, 3.05) is 13.1 Å². The summed E-state index contributed by atoms with van der Waals surface area (Å²) in [5.74, 6) is 0.994. The largest absolute Gasteiger partial charge is 0.373 e. The second-order valence-electron chi connectivity index (χ2n) is 7.50. The molecule has 1 aromatic heterocycles. The Morgan fingerprint density at radius 3 is 2.54 bits per heavy atom.